The SMILES string of the molecule is CNS(=O)(=O)c1ccc(N2CCN(CCn3cnc4c3nc(N)n3nc(-c5ccco5)nc43)CC2)cc1. The highest BCUT2D eigenvalue weighted by Crippen LogP contribution is 2.23. The minimum atomic E-state index is -3.43. The summed E-state index contributed by atoms with van der Waals surface area (Å²) in [7, 11) is -2.02. The van der Waals surface area contributed by atoms with Gasteiger partial charge < -0.3 is 19.6 Å². The highest BCUT2D eigenvalue weighted by molar-refractivity contribution is 7.89. The number of nitrogens with one attached hydrogen (secondary N) is 1. The number of nitrogen functional groups attached to an aromatic ring is 1. The minimum Gasteiger partial charge on any atom is -0.461 e. The standard InChI is InChI=1S/C23H26N10O3S/c1-25-37(34,35)17-6-4-16(5-7-17)31-11-8-30(9-12-31)10-13-32-15-26-19-21(32)28-23(24)33-22(19)27-20(29-33)18-3-2-14-36-18/h2-7,14-15,25H,8-13H2,1H3,(H2,24,28). The lowest BCUT2D eigenvalue weighted by molar-refractivity contribution is 0.249. The molecule has 5 heterocycles. The number of sulfonamides is 1. The molecule has 192 valence electrons. The van der Waals surface area contributed by atoms with Gasteiger partial charge in [0.05, 0.1) is 17.5 Å². The first-order chi connectivity index (χ1) is 17.9. The van der Waals surface area contributed by atoms with E-state index in [0.29, 0.717) is 34.9 Å². The highest BCUT2D eigenvalue weighted by atomic mass is 32.2. The van der Waals surface area contributed by atoms with Crippen molar-refractivity contribution in [2.45, 2.75) is 11.4 Å². The molecule has 3 N–H and O–H groups in total. The summed E-state index contributed by atoms with van der Waals surface area (Å²) in [6.45, 7) is 5.01. The van der Waals surface area contributed by atoms with E-state index in [-0.39, 0.29) is 10.8 Å². The molecule has 0 saturated carbocycles. The number of furan rings is 1. The Labute approximate surface area is 212 Å². The normalized spacial score (nSPS) is 15.2. The summed E-state index contributed by atoms with van der Waals surface area (Å²) in [5, 5.41) is 4.42. The van der Waals surface area contributed by atoms with Crippen LogP contribution in [-0.4, -0.2) is 82.2 Å². The zero-order chi connectivity index (χ0) is 25.6. The molecule has 0 spiro atoms. The van der Waals surface area contributed by atoms with Crippen molar-refractivity contribution in [3.05, 3.63) is 49.0 Å². The number of hydrogen-bond donors (Lipinski definition) is 2. The lowest BCUT2D eigenvalue weighted by atomic mass is 10.2. The van der Waals surface area contributed by atoms with Crippen LogP contribution in [0.5, 0.6) is 0 Å². The van der Waals surface area contributed by atoms with Crippen LogP contribution in [0.25, 0.3) is 28.4 Å². The molecule has 1 saturated heterocycles. The van der Waals surface area contributed by atoms with Gasteiger partial charge in [-0.3, -0.25) is 4.90 Å². The number of piperazine rings is 1. The molecule has 6 rings (SSSR count). The van der Waals surface area contributed by atoms with Crippen molar-refractivity contribution < 1.29 is 12.8 Å². The quantitative estimate of drug-likeness (QED) is 0.317. The van der Waals surface area contributed by atoms with Crippen LogP contribution in [-0.2, 0) is 16.6 Å². The van der Waals surface area contributed by atoms with E-state index < -0.39 is 10.0 Å². The van der Waals surface area contributed by atoms with Gasteiger partial charge in [-0.2, -0.15) is 9.50 Å². The Bertz CT molecular complexity index is 1650. The Morgan fingerprint density at radius 1 is 1.03 bits per heavy atom. The fourth-order valence-electron chi connectivity index (χ4n) is 4.54. The molecule has 1 aliphatic heterocycles. The third kappa shape index (κ3) is 4.28. The summed E-state index contributed by atoms with van der Waals surface area (Å²) in [5.74, 6) is 1.21. The molecular weight excluding hydrogens is 496 g/mol. The molecule has 4 aromatic heterocycles. The third-order valence-electron chi connectivity index (χ3n) is 6.62. The molecule has 0 amide bonds. The summed E-state index contributed by atoms with van der Waals surface area (Å²) < 4.78 is 35.1. The molecule has 1 aliphatic rings. The molecule has 0 bridgehead atoms. The van der Waals surface area contributed by atoms with Gasteiger partial charge in [0.25, 0.3) is 0 Å². The summed E-state index contributed by atoms with van der Waals surface area (Å²) in [5.41, 5.74) is 9.04. The number of benzene rings is 1. The van der Waals surface area contributed by atoms with Gasteiger partial charge in [0.1, 0.15) is 0 Å². The van der Waals surface area contributed by atoms with Gasteiger partial charge in [-0.05, 0) is 43.4 Å². The number of nitrogens with zero attached hydrogens (tertiary/aromatic N) is 8. The summed E-state index contributed by atoms with van der Waals surface area (Å²) in [4.78, 5) is 18.6. The zero-order valence-corrected chi connectivity index (χ0v) is 21.0. The van der Waals surface area contributed by atoms with Gasteiger partial charge in [0.2, 0.25) is 21.8 Å². The van der Waals surface area contributed by atoms with Gasteiger partial charge in [-0.25, -0.2) is 23.1 Å². The van der Waals surface area contributed by atoms with E-state index in [9.17, 15) is 8.42 Å². The first kappa shape index (κ1) is 23.4. The maximum absolute atomic E-state index is 12.0. The smallest absolute Gasteiger partial charge is 0.240 e. The van der Waals surface area contributed by atoms with Crippen LogP contribution in [0.2, 0.25) is 0 Å². The van der Waals surface area contributed by atoms with E-state index in [1.165, 1.54) is 11.6 Å². The zero-order valence-electron chi connectivity index (χ0n) is 20.1. The fourth-order valence-corrected chi connectivity index (χ4v) is 5.27. The monoisotopic (exact) mass is 522 g/mol. The Morgan fingerprint density at radius 2 is 1.81 bits per heavy atom. The average Bonchev–Trinajstić information content (AvgIpc) is 3.68. The summed E-state index contributed by atoms with van der Waals surface area (Å²) in [6, 6.07) is 10.6. The first-order valence-electron chi connectivity index (χ1n) is 11.8. The van der Waals surface area contributed by atoms with Crippen LogP contribution < -0.4 is 15.4 Å². The molecule has 0 aliphatic carbocycles. The molecular formula is C23H26N10O3S. The van der Waals surface area contributed by atoms with Crippen molar-refractivity contribution in [2.24, 2.45) is 0 Å². The molecule has 37 heavy (non-hydrogen) atoms. The van der Waals surface area contributed by atoms with E-state index in [1.54, 1.807) is 36.9 Å². The van der Waals surface area contributed by atoms with E-state index in [1.807, 2.05) is 16.7 Å². The van der Waals surface area contributed by atoms with Crippen LogP contribution in [0.4, 0.5) is 11.6 Å². The van der Waals surface area contributed by atoms with E-state index >= 15 is 0 Å². The van der Waals surface area contributed by atoms with Crippen LogP contribution in [0.3, 0.4) is 0 Å². The largest absolute Gasteiger partial charge is 0.461 e. The number of aromatic nitrogens is 6. The van der Waals surface area contributed by atoms with Crippen LogP contribution in [0.15, 0.2) is 58.3 Å². The van der Waals surface area contributed by atoms with Crippen LogP contribution in [0.1, 0.15) is 0 Å². The number of hydrogen-bond acceptors (Lipinski definition) is 10. The third-order valence-corrected chi connectivity index (χ3v) is 8.05. The summed E-state index contributed by atoms with van der Waals surface area (Å²) in [6.07, 6.45) is 3.33. The first-order valence-corrected chi connectivity index (χ1v) is 13.3. The number of imidazole rings is 1. The van der Waals surface area contributed by atoms with Gasteiger partial charge in [-0.1, -0.05) is 0 Å². The second kappa shape index (κ2) is 9.14. The molecule has 0 atom stereocenters. The molecule has 0 unspecified atom stereocenters. The molecule has 0 radical (unpaired) electrons. The molecule has 13 nitrogen and oxygen atoms in total. The fraction of sp³-hybridized carbons (Fsp3) is 0.304. The molecule has 1 fully saturated rings. The van der Waals surface area contributed by atoms with Crippen LogP contribution in [0, 0.1) is 0 Å². The number of nitrogens with two attached hydrogens (primary N) is 1. The van der Waals surface area contributed by atoms with Gasteiger partial charge in [0, 0.05) is 45.0 Å². The topological polar surface area (TPSA) is 153 Å². The number of anilines is 2. The molecule has 14 heteroatoms. The Balaban J connectivity index is 1.12. The highest BCUT2D eigenvalue weighted by Gasteiger charge is 2.20. The van der Waals surface area contributed by atoms with Crippen LogP contribution >= 0.6 is 0 Å². The lowest BCUT2D eigenvalue weighted by Gasteiger charge is -2.36. The van der Waals surface area contributed by atoms with Gasteiger partial charge in [0.15, 0.2) is 22.6 Å². The van der Waals surface area contributed by atoms with E-state index in [0.717, 1.165) is 38.4 Å². The second-order valence-corrected chi connectivity index (χ2v) is 10.6. The molecule has 1 aromatic carbocycles. The maximum Gasteiger partial charge on any atom is 0.240 e. The minimum absolute atomic E-state index is 0.233. The maximum atomic E-state index is 12.0. The predicted octanol–water partition coefficient (Wildman–Crippen LogP) is 1.05. The van der Waals surface area contributed by atoms with Crippen molar-refractivity contribution in [3.63, 3.8) is 0 Å². The van der Waals surface area contributed by atoms with Crippen molar-refractivity contribution in [1.82, 2.24) is 38.8 Å². The Kier molecular flexibility index (Phi) is 5.78. The number of fused-ring (bicyclic) bond motifs is 3. The Hall–Kier alpha value is -4.01. The van der Waals surface area contributed by atoms with Gasteiger partial charge in [-0.15, -0.1) is 5.10 Å². The van der Waals surface area contributed by atoms with E-state index in [2.05, 4.69) is 34.6 Å². The van der Waals surface area contributed by atoms with Crippen molar-refractivity contribution in [1.29, 1.82) is 0 Å². The predicted molar refractivity (Wildman–Crippen MR) is 138 cm³/mol. The molecule has 5 aromatic rings. The summed E-state index contributed by atoms with van der Waals surface area (Å²) >= 11 is 0. The number of rotatable bonds is 7. The Morgan fingerprint density at radius 3 is 2.51 bits per heavy atom. The van der Waals surface area contributed by atoms with Crippen molar-refractivity contribution in [2.75, 3.05) is 50.4 Å². The second-order valence-electron chi connectivity index (χ2n) is 8.76. The lowest BCUT2D eigenvalue weighted by Crippen LogP contribution is -2.47. The van der Waals surface area contributed by atoms with Gasteiger partial charge >= 0.3 is 0 Å². The van der Waals surface area contributed by atoms with E-state index in [4.69, 9.17) is 10.2 Å². The van der Waals surface area contributed by atoms with Crippen molar-refractivity contribution >= 4 is 38.5 Å². The van der Waals surface area contributed by atoms with Crippen molar-refractivity contribution in [3.8, 4) is 11.6 Å². The average molecular weight is 523 g/mol.